The molecule has 2 aliphatic rings. The second-order valence-electron chi connectivity index (χ2n) is 7.31. The Bertz CT molecular complexity index is 184. The van der Waals surface area contributed by atoms with Gasteiger partial charge in [-0.05, 0) is 24.2 Å². The molecule has 0 atom stereocenters. The molecule has 0 radical (unpaired) electrons. The molecule has 0 heteroatoms. The highest BCUT2D eigenvalue weighted by atomic mass is 14.3. The van der Waals surface area contributed by atoms with Gasteiger partial charge in [0, 0.05) is 0 Å². The summed E-state index contributed by atoms with van der Waals surface area (Å²) in [6.07, 6.45) is 22.8. The summed E-state index contributed by atoms with van der Waals surface area (Å²) in [5.74, 6) is 3.28. The molecule has 0 nitrogen and oxygen atoms in total. The molecule has 0 heterocycles. The average Bonchev–Trinajstić information content (AvgIpc) is 2.84. The molecule has 112 valence electrons. The van der Waals surface area contributed by atoms with Crippen LogP contribution in [0.1, 0.15) is 103 Å². The molecule has 0 aromatic rings. The maximum absolute atomic E-state index is 2.37. The van der Waals surface area contributed by atoms with Crippen molar-refractivity contribution in [3.8, 4) is 0 Å². The molecular weight excluding hydrogens is 228 g/mol. The molecular formula is C19H36. The van der Waals surface area contributed by atoms with Crippen LogP contribution in [0.4, 0.5) is 0 Å². The van der Waals surface area contributed by atoms with E-state index in [4.69, 9.17) is 0 Å². The van der Waals surface area contributed by atoms with E-state index in [9.17, 15) is 0 Å². The van der Waals surface area contributed by atoms with Crippen LogP contribution in [0.2, 0.25) is 0 Å². The molecule has 0 spiro atoms. The predicted octanol–water partition coefficient (Wildman–Crippen LogP) is 6.73. The van der Waals surface area contributed by atoms with Crippen LogP contribution in [-0.2, 0) is 0 Å². The Morgan fingerprint density at radius 1 is 0.684 bits per heavy atom. The van der Waals surface area contributed by atoms with Crippen LogP contribution >= 0.6 is 0 Å². The summed E-state index contributed by atoms with van der Waals surface area (Å²) in [7, 11) is 0. The number of hydrogen-bond donors (Lipinski definition) is 0. The van der Waals surface area contributed by atoms with Gasteiger partial charge in [-0.15, -0.1) is 0 Å². The molecule has 2 fully saturated rings. The lowest BCUT2D eigenvalue weighted by molar-refractivity contribution is 0.172. The summed E-state index contributed by atoms with van der Waals surface area (Å²) in [6, 6.07) is 0. The highest BCUT2D eigenvalue weighted by molar-refractivity contribution is 4.80. The van der Waals surface area contributed by atoms with Gasteiger partial charge in [-0.25, -0.2) is 0 Å². The van der Waals surface area contributed by atoms with Crippen molar-refractivity contribution in [3.63, 3.8) is 0 Å². The van der Waals surface area contributed by atoms with E-state index in [0.29, 0.717) is 0 Å². The van der Waals surface area contributed by atoms with Crippen molar-refractivity contribution in [1.29, 1.82) is 0 Å². The second kappa shape index (κ2) is 9.03. The van der Waals surface area contributed by atoms with Crippen LogP contribution in [-0.4, -0.2) is 0 Å². The molecule has 2 rings (SSSR count). The fraction of sp³-hybridized carbons (Fsp3) is 1.00. The fourth-order valence-electron chi connectivity index (χ4n) is 4.77. The summed E-state index contributed by atoms with van der Waals surface area (Å²) in [6.45, 7) is 2.37. The lowest BCUT2D eigenvalue weighted by Crippen LogP contribution is -2.23. The monoisotopic (exact) mass is 264 g/mol. The van der Waals surface area contributed by atoms with Gasteiger partial charge in [0.15, 0.2) is 0 Å². The largest absolute Gasteiger partial charge is 0.0654 e. The minimum absolute atomic E-state index is 1.09. The first-order chi connectivity index (χ1) is 9.42. The minimum atomic E-state index is 1.09. The number of rotatable bonds is 5. The zero-order valence-electron chi connectivity index (χ0n) is 13.3. The summed E-state index contributed by atoms with van der Waals surface area (Å²) in [5.41, 5.74) is 0. The fourth-order valence-corrected chi connectivity index (χ4v) is 4.77. The van der Waals surface area contributed by atoms with E-state index in [-0.39, 0.29) is 0 Å². The van der Waals surface area contributed by atoms with Gasteiger partial charge in [-0.3, -0.25) is 0 Å². The third kappa shape index (κ3) is 5.12. The molecule has 0 amide bonds. The molecule has 0 saturated heterocycles. The van der Waals surface area contributed by atoms with Crippen molar-refractivity contribution in [2.24, 2.45) is 17.8 Å². The van der Waals surface area contributed by atoms with Gasteiger partial charge in [0.05, 0.1) is 0 Å². The zero-order valence-corrected chi connectivity index (χ0v) is 13.3. The summed E-state index contributed by atoms with van der Waals surface area (Å²) in [4.78, 5) is 0. The molecule has 2 aliphatic carbocycles. The Labute approximate surface area is 121 Å². The van der Waals surface area contributed by atoms with E-state index >= 15 is 0 Å². The molecule has 0 aromatic heterocycles. The molecule has 0 bridgehead atoms. The van der Waals surface area contributed by atoms with E-state index < -0.39 is 0 Å². The Kier molecular flexibility index (Phi) is 7.32. The molecule has 19 heavy (non-hydrogen) atoms. The standard InChI is InChI=1S/C19H36/c1-2-3-16-19(17-12-8-4-5-9-13-17)18-14-10-6-7-11-15-18/h17-19H,2-16H2,1H3. The van der Waals surface area contributed by atoms with Gasteiger partial charge in [0.25, 0.3) is 0 Å². The van der Waals surface area contributed by atoms with Gasteiger partial charge in [0.1, 0.15) is 0 Å². The topological polar surface area (TPSA) is 0 Å². The molecule has 0 aromatic carbocycles. The van der Waals surface area contributed by atoms with Crippen molar-refractivity contribution >= 4 is 0 Å². The van der Waals surface area contributed by atoms with E-state index in [1.165, 1.54) is 64.2 Å². The highest BCUT2D eigenvalue weighted by Crippen LogP contribution is 2.41. The van der Waals surface area contributed by atoms with Crippen molar-refractivity contribution < 1.29 is 0 Å². The molecule has 0 unspecified atom stereocenters. The Hall–Kier alpha value is 0. The van der Waals surface area contributed by atoms with Gasteiger partial charge in [-0.1, -0.05) is 96.8 Å². The predicted molar refractivity (Wildman–Crippen MR) is 85.4 cm³/mol. The zero-order chi connectivity index (χ0) is 13.3. The first-order valence-corrected chi connectivity index (χ1v) is 9.42. The van der Waals surface area contributed by atoms with Crippen LogP contribution in [0, 0.1) is 17.8 Å². The van der Waals surface area contributed by atoms with Crippen LogP contribution in [0.5, 0.6) is 0 Å². The van der Waals surface area contributed by atoms with Gasteiger partial charge >= 0.3 is 0 Å². The molecule has 0 N–H and O–H groups in total. The SMILES string of the molecule is CCCCC(C1CCCCCC1)C1CCCCCC1. The normalized spacial score (nSPS) is 24.3. The van der Waals surface area contributed by atoms with E-state index in [0.717, 1.165) is 17.8 Å². The maximum Gasteiger partial charge on any atom is -0.0357 e. The molecule has 2 saturated carbocycles. The molecule has 0 aliphatic heterocycles. The van der Waals surface area contributed by atoms with Gasteiger partial charge in [0.2, 0.25) is 0 Å². The first-order valence-electron chi connectivity index (χ1n) is 9.42. The Morgan fingerprint density at radius 2 is 1.11 bits per heavy atom. The van der Waals surface area contributed by atoms with Gasteiger partial charge < -0.3 is 0 Å². The third-order valence-electron chi connectivity index (χ3n) is 5.90. The van der Waals surface area contributed by atoms with E-state index in [1.54, 1.807) is 32.1 Å². The smallest absolute Gasteiger partial charge is 0.0357 e. The summed E-state index contributed by atoms with van der Waals surface area (Å²) < 4.78 is 0. The first kappa shape index (κ1) is 15.4. The van der Waals surface area contributed by atoms with E-state index in [1.807, 2.05) is 0 Å². The minimum Gasteiger partial charge on any atom is -0.0654 e. The second-order valence-corrected chi connectivity index (χ2v) is 7.31. The average molecular weight is 264 g/mol. The summed E-state index contributed by atoms with van der Waals surface area (Å²) in [5, 5.41) is 0. The van der Waals surface area contributed by atoms with Gasteiger partial charge in [-0.2, -0.15) is 0 Å². The van der Waals surface area contributed by atoms with Crippen molar-refractivity contribution in [2.45, 2.75) is 103 Å². The maximum atomic E-state index is 2.37. The number of unbranched alkanes of at least 4 members (excludes halogenated alkanes) is 1. The van der Waals surface area contributed by atoms with Crippen LogP contribution < -0.4 is 0 Å². The van der Waals surface area contributed by atoms with Crippen molar-refractivity contribution in [1.82, 2.24) is 0 Å². The Morgan fingerprint density at radius 3 is 1.47 bits per heavy atom. The van der Waals surface area contributed by atoms with Crippen LogP contribution in [0.25, 0.3) is 0 Å². The highest BCUT2D eigenvalue weighted by Gasteiger charge is 2.29. The Balaban J connectivity index is 1.95. The lowest BCUT2D eigenvalue weighted by atomic mass is 9.72. The quantitative estimate of drug-likeness (QED) is 0.483. The lowest BCUT2D eigenvalue weighted by Gasteiger charge is -2.33. The third-order valence-corrected chi connectivity index (χ3v) is 5.90. The van der Waals surface area contributed by atoms with Crippen molar-refractivity contribution in [2.75, 3.05) is 0 Å². The van der Waals surface area contributed by atoms with Crippen molar-refractivity contribution in [3.05, 3.63) is 0 Å². The number of hydrogen-bond acceptors (Lipinski definition) is 0. The summed E-state index contributed by atoms with van der Waals surface area (Å²) >= 11 is 0. The van der Waals surface area contributed by atoms with E-state index in [2.05, 4.69) is 6.92 Å². The van der Waals surface area contributed by atoms with Crippen LogP contribution in [0.15, 0.2) is 0 Å². The van der Waals surface area contributed by atoms with Crippen LogP contribution in [0.3, 0.4) is 0 Å².